The monoisotopic (exact) mass is 502 g/mol. The average Bonchev–Trinajstić information content (AvgIpc) is 2.90. The van der Waals surface area contributed by atoms with Crippen LogP contribution in [0.15, 0.2) is 60.7 Å². The summed E-state index contributed by atoms with van der Waals surface area (Å²) in [6, 6.07) is 18.7. The predicted molar refractivity (Wildman–Crippen MR) is 141 cm³/mol. The van der Waals surface area contributed by atoms with E-state index in [0.29, 0.717) is 60.6 Å². The molecule has 37 heavy (non-hydrogen) atoms. The van der Waals surface area contributed by atoms with Gasteiger partial charge in [-0.25, -0.2) is 9.37 Å². The van der Waals surface area contributed by atoms with Crippen LogP contribution in [0.25, 0.3) is 11.3 Å². The van der Waals surface area contributed by atoms with Gasteiger partial charge in [0.25, 0.3) is 5.91 Å². The number of nitrogens with one attached hydrogen (secondary N) is 3. The topological polar surface area (TPSA) is 133 Å². The number of anilines is 1. The number of rotatable bonds is 12. The van der Waals surface area contributed by atoms with E-state index in [0.717, 1.165) is 5.56 Å². The molecular formula is C28H31FN6O2. The maximum absolute atomic E-state index is 13.5. The zero-order valence-electron chi connectivity index (χ0n) is 20.8. The lowest BCUT2D eigenvalue weighted by Crippen LogP contribution is -2.42. The molecule has 8 nitrogen and oxygen atoms in total. The van der Waals surface area contributed by atoms with Crippen LogP contribution in [0.2, 0.25) is 0 Å². The minimum Gasteiger partial charge on any atom is -0.369 e. The van der Waals surface area contributed by atoms with Crippen LogP contribution >= 0.6 is 0 Å². The van der Waals surface area contributed by atoms with Gasteiger partial charge in [0.1, 0.15) is 11.6 Å². The van der Waals surface area contributed by atoms with Crippen LogP contribution in [0, 0.1) is 17.1 Å². The summed E-state index contributed by atoms with van der Waals surface area (Å²) in [6.07, 6.45) is 1.46. The number of aromatic nitrogens is 1. The van der Waals surface area contributed by atoms with E-state index in [2.05, 4.69) is 27.0 Å². The second-order valence-electron chi connectivity index (χ2n) is 8.63. The molecule has 0 radical (unpaired) electrons. The van der Waals surface area contributed by atoms with Crippen molar-refractivity contribution in [3.8, 4) is 17.3 Å². The minimum atomic E-state index is -0.357. The third-order valence-electron chi connectivity index (χ3n) is 5.64. The first kappa shape index (κ1) is 27.3. The molecule has 192 valence electrons. The molecule has 9 heteroatoms. The molecule has 0 fully saturated rings. The van der Waals surface area contributed by atoms with Crippen LogP contribution in [0.5, 0.6) is 0 Å². The highest BCUT2D eigenvalue weighted by molar-refractivity contribution is 5.99. The zero-order chi connectivity index (χ0) is 26.6. The first-order chi connectivity index (χ1) is 17.9. The Hall–Kier alpha value is -4.29. The van der Waals surface area contributed by atoms with Crippen molar-refractivity contribution in [1.82, 2.24) is 15.6 Å². The van der Waals surface area contributed by atoms with E-state index in [-0.39, 0.29) is 30.2 Å². The Kier molecular flexibility index (Phi) is 10.1. The lowest BCUT2D eigenvalue weighted by molar-refractivity contribution is -0.121. The SMILES string of the molecule is C[C@H](CNC(=O)c1ccc(-c2ccccc2C#N)nc1NCCc1cccc(F)c1)NC(=O)CCCN. The average molecular weight is 503 g/mol. The van der Waals surface area contributed by atoms with E-state index >= 15 is 0 Å². The molecule has 1 heterocycles. The zero-order valence-corrected chi connectivity index (χ0v) is 20.8. The van der Waals surface area contributed by atoms with E-state index in [1.165, 1.54) is 12.1 Å². The first-order valence-corrected chi connectivity index (χ1v) is 12.2. The third kappa shape index (κ3) is 8.12. The standard InChI is InChI=1S/C28H31FN6O2/c1-19(34-26(36)10-5-14-30)18-33-28(37)24-11-12-25(23-9-3-2-7-21(23)17-31)35-27(24)32-15-13-20-6-4-8-22(29)16-20/h2-4,6-9,11-12,16,19H,5,10,13-15,18,30H2,1H3,(H,32,35)(H,33,37)(H,34,36)/t19-/m1/s1. The van der Waals surface area contributed by atoms with Crippen molar-refractivity contribution in [2.24, 2.45) is 5.73 Å². The highest BCUT2D eigenvalue weighted by Gasteiger charge is 2.17. The number of hydrogen-bond acceptors (Lipinski definition) is 6. The number of nitriles is 1. The van der Waals surface area contributed by atoms with Crippen LogP contribution in [-0.4, -0.2) is 42.5 Å². The van der Waals surface area contributed by atoms with E-state index in [4.69, 9.17) is 5.73 Å². The molecule has 0 unspecified atom stereocenters. The van der Waals surface area contributed by atoms with E-state index in [1.807, 2.05) is 12.1 Å². The first-order valence-electron chi connectivity index (χ1n) is 12.2. The largest absolute Gasteiger partial charge is 0.369 e. The highest BCUT2D eigenvalue weighted by atomic mass is 19.1. The van der Waals surface area contributed by atoms with E-state index in [1.54, 1.807) is 43.3 Å². The van der Waals surface area contributed by atoms with Gasteiger partial charge >= 0.3 is 0 Å². The fourth-order valence-electron chi connectivity index (χ4n) is 3.75. The van der Waals surface area contributed by atoms with Gasteiger partial charge in [0.15, 0.2) is 0 Å². The van der Waals surface area contributed by atoms with Gasteiger partial charge in [0.05, 0.1) is 22.9 Å². The lowest BCUT2D eigenvalue weighted by Gasteiger charge is -2.17. The van der Waals surface area contributed by atoms with Crippen LogP contribution in [-0.2, 0) is 11.2 Å². The van der Waals surface area contributed by atoms with Gasteiger partial charge in [-0.1, -0.05) is 30.3 Å². The summed E-state index contributed by atoms with van der Waals surface area (Å²) in [4.78, 5) is 29.6. The van der Waals surface area contributed by atoms with Gasteiger partial charge in [-0.15, -0.1) is 0 Å². The number of amides is 2. The summed E-state index contributed by atoms with van der Waals surface area (Å²) in [7, 11) is 0. The Labute approximate surface area is 216 Å². The maximum atomic E-state index is 13.5. The van der Waals surface area contributed by atoms with Crippen molar-refractivity contribution < 1.29 is 14.0 Å². The summed E-state index contributed by atoms with van der Waals surface area (Å²) in [6.45, 7) is 2.89. The Bertz CT molecular complexity index is 1270. The molecule has 0 aliphatic carbocycles. The van der Waals surface area contributed by atoms with Crippen molar-refractivity contribution in [2.75, 3.05) is 25.0 Å². The summed E-state index contributed by atoms with van der Waals surface area (Å²) >= 11 is 0. The number of benzene rings is 2. The van der Waals surface area contributed by atoms with Crippen LogP contribution in [0.1, 0.15) is 41.3 Å². The molecule has 3 aromatic rings. The third-order valence-corrected chi connectivity index (χ3v) is 5.64. The number of carbonyl (C=O) groups is 2. The van der Waals surface area contributed by atoms with Gasteiger partial charge in [0.2, 0.25) is 5.91 Å². The number of pyridine rings is 1. The molecule has 1 aromatic heterocycles. The lowest BCUT2D eigenvalue weighted by atomic mass is 10.0. The number of nitrogens with zero attached hydrogens (tertiary/aromatic N) is 2. The van der Waals surface area contributed by atoms with Crippen LogP contribution in [0.3, 0.4) is 0 Å². The molecule has 5 N–H and O–H groups in total. The molecule has 0 saturated carbocycles. The smallest absolute Gasteiger partial charge is 0.255 e. The summed E-state index contributed by atoms with van der Waals surface area (Å²) in [5.74, 6) is -0.438. The normalized spacial score (nSPS) is 11.3. The Morgan fingerprint density at radius 2 is 1.95 bits per heavy atom. The molecule has 0 aliphatic rings. The fourth-order valence-corrected chi connectivity index (χ4v) is 3.75. The van der Waals surface area contributed by atoms with Crippen molar-refractivity contribution >= 4 is 17.6 Å². The number of nitrogens with two attached hydrogens (primary N) is 1. The molecule has 0 bridgehead atoms. The van der Waals surface area contributed by atoms with Gasteiger partial charge in [0, 0.05) is 31.1 Å². The summed E-state index contributed by atoms with van der Waals surface area (Å²) in [5.41, 5.74) is 8.23. The summed E-state index contributed by atoms with van der Waals surface area (Å²) < 4.78 is 13.5. The number of hydrogen-bond donors (Lipinski definition) is 4. The number of carbonyl (C=O) groups excluding carboxylic acids is 2. The molecule has 2 amide bonds. The molecular weight excluding hydrogens is 471 g/mol. The minimum absolute atomic E-state index is 0.117. The molecule has 0 saturated heterocycles. The Balaban J connectivity index is 1.76. The molecule has 2 aromatic carbocycles. The second-order valence-corrected chi connectivity index (χ2v) is 8.63. The predicted octanol–water partition coefficient (Wildman–Crippen LogP) is 3.39. The van der Waals surface area contributed by atoms with Gasteiger partial charge < -0.3 is 21.7 Å². The highest BCUT2D eigenvalue weighted by Crippen LogP contribution is 2.25. The van der Waals surface area contributed by atoms with Crippen LogP contribution < -0.4 is 21.7 Å². The van der Waals surface area contributed by atoms with Crippen molar-refractivity contribution in [2.45, 2.75) is 32.2 Å². The Morgan fingerprint density at radius 1 is 1.14 bits per heavy atom. The van der Waals surface area contributed by atoms with Gasteiger partial charge in [-0.2, -0.15) is 5.26 Å². The molecule has 0 aliphatic heterocycles. The van der Waals surface area contributed by atoms with Crippen molar-refractivity contribution in [3.05, 3.63) is 83.2 Å². The molecule has 1 atom stereocenters. The van der Waals surface area contributed by atoms with E-state index in [9.17, 15) is 19.2 Å². The van der Waals surface area contributed by atoms with Crippen molar-refractivity contribution in [3.63, 3.8) is 0 Å². The molecule has 0 spiro atoms. The molecule has 3 rings (SSSR count). The van der Waals surface area contributed by atoms with Crippen molar-refractivity contribution in [1.29, 1.82) is 5.26 Å². The summed E-state index contributed by atoms with van der Waals surface area (Å²) in [5, 5.41) is 18.4. The van der Waals surface area contributed by atoms with Gasteiger partial charge in [-0.05, 0) is 62.2 Å². The second kappa shape index (κ2) is 13.7. The maximum Gasteiger partial charge on any atom is 0.255 e. The Morgan fingerprint density at radius 3 is 2.70 bits per heavy atom. The van der Waals surface area contributed by atoms with E-state index < -0.39 is 0 Å². The van der Waals surface area contributed by atoms with Crippen LogP contribution in [0.4, 0.5) is 10.2 Å². The quantitative estimate of drug-likeness (QED) is 0.300. The number of halogens is 1. The van der Waals surface area contributed by atoms with Gasteiger partial charge in [-0.3, -0.25) is 9.59 Å². The fraction of sp³-hybridized carbons (Fsp3) is 0.286.